The normalized spacial score (nSPS) is 18.4. The Hall–Kier alpha value is -1.33. The van der Waals surface area contributed by atoms with E-state index in [2.05, 4.69) is 15.1 Å². The van der Waals surface area contributed by atoms with Crippen LogP contribution in [0, 0.1) is 0 Å². The lowest BCUT2D eigenvalue weighted by molar-refractivity contribution is -0.130. The van der Waals surface area contributed by atoms with E-state index >= 15 is 0 Å². The summed E-state index contributed by atoms with van der Waals surface area (Å²) in [7, 11) is 0. The standard InChI is InChI=1S/C20H33N5O3.HI/c1-18(26)24-9-11-25(12-10-24)20(22-7-5-19-4-2-15-28-19)21-6-3-8-23-13-16-27-17-14-23;/h2,4,15H,3,5-14,16-17H2,1H3,(H,21,22);1H. The number of carbonyl (C=O) groups excluding carboxylic acids is 1. The predicted molar refractivity (Wildman–Crippen MR) is 124 cm³/mol. The first-order chi connectivity index (χ1) is 13.7. The first kappa shape index (κ1) is 23.9. The second-order valence-electron chi connectivity index (χ2n) is 7.26. The summed E-state index contributed by atoms with van der Waals surface area (Å²) < 4.78 is 10.8. The third-order valence-corrected chi connectivity index (χ3v) is 5.26. The number of hydrogen-bond acceptors (Lipinski definition) is 5. The third-order valence-electron chi connectivity index (χ3n) is 5.26. The average molecular weight is 519 g/mol. The zero-order valence-corrected chi connectivity index (χ0v) is 19.7. The van der Waals surface area contributed by atoms with E-state index in [1.54, 1.807) is 13.2 Å². The van der Waals surface area contributed by atoms with Crippen LogP contribution in [0.15, 0.2) is 27.8 Å². The molecule has 0 aliphatic carbocycles. The molecule has 0 aromatic carbocycles. The van der Waals surface area contributed by atoms with Gasteiger partial charge in [-0.2, -0.15) is 0 Å². The second kappa shape index (κ2) is 13.1. The van der Waals surface area contributed by atoms with Gasteiger partial charge in [0, 0.05) is 72.2 Å². The van der Waals surface area contributed by atoms with Crippen LogP contribution in [0.4, 0.5) is 0 Å². The van der Waals surface area contributed by atoms with Gasteiger partial charge in [-0.25, -0.2) is 0 Å². The molecule has 0 radical (unpaired) electrons. The summed E-state index contributed by atoms with van der Waals surface area (Å²) in [4.78, 5) is 23.0. The average Bonchev–Trinajstić information content (AvgIpc) is 3.24. The highest BCUT2D eigenvalue weighted by Gasteiger charge is 2.21. The molecular weight excluding hydrogens is 485 g/mol. The molecule has 29 heavy (non-hydrogen) atoms. The molecule has 3 rings (SSSR count). The number of amides is 1. The van der Waals surface area contributed by atoms with Gasteiger partial charge >= 0.3 is 0 Å². The van der Waals surface area contributed by atoms with Gasteiger partial charge in [-0.3, -0.25) is 14.7 Å². The minimum absolute atomic E-state index is 0. The van der Waals surface area contributed by atoms with E-state index in [-0.39, 0.29) is 29.9 Å². The summed E-state index contributed by atoms with van der Waals surface area (Å²) in [6.45, 7) is 11.1. The first-order valence-electron chi connectivity index (χ1n) is 10.3. The van der Waals surface area contributed by atoms with Crippen LogP contribution < -0.4 is 5.32 Å². The molecule has 2 saturated heterocycles. The van der Waals surface area contributed by atoms with E-state index in [0.29, 0.717) is 0 Å². The quantitative estimate of drug-likeness (QED) is 0.253. The number of guanidine groups is 1. The lowest BCUT2D eigenvalue weighted by Gasteiger charge is -2.36. The summed E-state index contributed by atoms with van der Waals surface area (Å²) in [5.74, 6) is 2.06. The van der Waals surface area contributed by atoms with Crippen LogP contribution in [-0.2, 0) is 16.0 Å². The molecule has 0 saturated carbocycles. The Morgan fingerprint density at radius 2 is 1.86 bits per heavy atom. The summed E-state index contributed by atoms with van der Waals surface area (Å²) in [5.41, 5.74) is 0. The number of furan rings is 1. The minimum Gasteiger partial charge on any atom is -0.469 e. The van der Waals surface area contributed by atoms with Crippen molar-refractivity contribution in [3.05, 3.63) is 24.2 Å². The Morgan fingerprint density at radius 1 is 1.14 bits per heavy atom. The summed E-state index contributed by atoms with van der Waals surface area (Å²) >= 11 is 0. The molecule has 164 valence electrons. The zero-order chi connectivity index (χ0) is 19.6. The van der Waals surface area contributed by atoms with Gasteiger partial charge in [-0.1, -0.05) is 0 Å². The van der Waals surface area contributed by atoms with Gasteiger partial charge in [0.1, 0.15) is 5.76 Å². The van der Waals surface area contributed by atoms with Gasteiger partial charge in [0.15, 0.2) is 5.96 Å². The van der Waals surface area contributed by atoms with Crippen molar-refractivity contribution in [3.8, 4) is 0 Å². The van der Waals surface area contributed by atoms with Crippen LogP contribution in [0.25, 0.3) is 0 Å². The fourth-order valence-corrected chi connectivity index (χ4v) is 3.56. The highest BCUT2D eigenvalue weighted by atomic mass is 127. The molecule has 8 nitrogen and oxygen atoms in total. The van der Waals surface area contributed by atoms with Crippen molar-refractivity contribution in [2.75, 3.05) is 72.1 Å². The molecule has 2 aliphatic heterocycles. The maximum atomic E-state index is 11.6. The molecule has 1 amide bonds. The van der Waals surface area contributed by atoms with Crippen LogP contribution >= 0.6 is 24.0 Å². The number of nitrogens with one attached hydrogen (secondary N) is 1. The van der Waals surface area contributed by atoms with Crippen molar-refractivity contribution in [2.24, 2.45) is 4.99 Å². The van der Waals surface area contributed by atoms with Gasteiger partial charge in [-0.15, -0.1) is 24.0 Å². The van der Waals surface area contributed by atoms with E-state index in [9.17, 15) is 4.79 Å². The van der Waals surface area contributed by atoms with Gasteiger partial charge in [0.25, 0.3) is 0 Å². The fraction of sp³-hybridized carbons (Fsp3) is 0.700. The van der Waals surface area contributed by atoms with Crippen molar-refractivity contribution >= 4 is 35.8 Å². The number of aliphatic imine (C=N–C) groups is 1. The maximum Gasteiger partial charge on any atom is 0.219 e. The number of halogens is 1. The Kier molecular flexibility index (Phi) is 10.8. The van der Waals surface area contributed by atoms with Crippen LogP contribution in [-0.4, -0.2) is 98.7 Å². The molecule has 1 aromatic rings. The SMILES string of the molecule is CC(=O)N1CCN(C(=NCCCN2CCOCC2)NCCc2ccco2)CC1.I. The van der Waals surface area contributed by atoms with Crippen LogP contribution in [0.1, 0.15) is 19.1 Å². The third kappa shape index (κ3) is 8.13. The van der Waals surface area contributed by atoms with Crippen molar-refractivity contribution in [1.82, 2.24) is 20.0 Å². The van der Waals surface area contributed by atoms with Crippen molar-refractivity contribution in [2.45, 2.75) is 19.8 Å². The molecule has 0 atom stereocenters. The summed E-state index contributed by atoms with van der Waals surface area (Å²) in [5, 5.41) is 3.49. The van der Waals surface area contributed by atoms with Crippen LogP contribution in [0.2, 0.25) is 0 Å². The number of rotatable bonds is 7. The molecule has 1 aromatic heterocycles. The Balaban J connectivity index is 0.00000300. The van der Waals surface area contributed by atoms with Crippen molar-refractivity contribution < 1.29 is 13.9 Å². The second-order valence-corrected chi connectivity index (χ2v) is 7.26. The molecule has 0 spiro atoms. The molecule has 2 fully saturated rings. The van der Waals surface area contributed by atoms with Crippen LogP contribution in [0.3, 0.4) is 0 Å². The highest BCUT2D eigenvalue weighted by Crippen LogP contribution is 2.05. The van der Waals surface area contributed by atoms with E-state index in [4.69, 9.17) is 14.1 Å². The smallest absolute Gasteiger partial charge is 0.219 e. The lowest BCUT2D eigenvalue weighted by Crippen LogP contribution is -2.53. The zero-order valence-electron chi connectivity index (χ0n) is 17.3. The monoisotopic (exact) mass is 519 g/mol. The summed E-state index contributed by atoms with van der Waals surface area (Å²) in [6, 6.07) is 3.91. The van der Waals surface area contributed by atoms with Crippen molar-refractivity contribution in [1.29, 1.82) is 0 Å². The fourth-order valence-electron chi connectivity index (χ4n) is 3.56. The Morgan fingerprint density at radius 3 is 2.52 bits per heavy atom. The molecule has 0 unspecified atom stereocenters. The summed E-state index contributed by atoms with van der Waals surface area (Å²) in [6.07, 6.45) is 3.57. The molecule has 1 N–H and O–H groups in total. The molecule has 2 aliphatic rings. The maximum absolute atomic E-state index is 11.6. The van der Waals surface area contributed by atoms with Crippen molar-refractivity contribution in [3.63, 3.8) is 0 Å². The molecule has 0 bridgehead atoms. The molecule has 9 heteroatoms. The number of ether oxygens (including phenoxy) is 1. The van der Waals surface area contributed by atoms with Gasteiger partial charge < -0.3 is 24.3 Å². The van der Waals surface area contributed by atoms with E-state index in [0.717, 1.165) is 96.7 Å². The number of carbonyl (C=O) groups is 1. The number of morpholine rings is 1. The van der Waals surface area contributed by atoms with E-state index in [1.165, 1.54) is 0 Å². The van der Waals surface area contributed by atoms with Gasteiger partial charge in [0.2, 0.25) is 5.91 Å². The van der Waals surface area contributed by atoms with Gasteiger partial charge in [0.05, 0.1) is 19.5 Å². The van der Waals surface area contributed by atoms with Gasteiger partial charge in [-0.05, 0) is 18.6 Å². The number of nitrogens with zero attached hydrogens (tertiary/aromatic N) is 4. The largest absolute Gasteiger partial charge is 0.469 e. The Bertz CT molecular complexity index is 612. The van der Waals surface area contributed by atoms with E-state index in [1.807, 2.05) is 17.0 Å². The minimum atomic E-state index is 0. The number of hydrogen-bond donors (Lipinski definition) is 1. The predicted octanol–water partition coefficient (Wildman–Crippen LogP) is 1.27. The lowest BCUT2D eigenvalue weighted by atomic mass is 10.3. The molecule has 3 heterocycles. The van der Waals surface area contributed by atoms with E-state index < -0.39 is 0 Å². The topological polar surface area (TPSA) is 73.6 Å². The Labute approximate surface area is 190 Å². The first-order valence-corrected chi connectivity index (χ1v) is 10.3. The van der Waals surface area contributed by atoms with Crippen LogP contribution in [0.5, 0.6) is 0 Å². The highest BCUT2D eigenvalue weighted by molar-refractivity contribution is 14.0. The number of piperazine rings is 1. The molecular formula is C20H34IN5O3.